The molecule has 18 heavy (non-hydrogen) atoms. The first kappa shape index (κ1) is 12.6. The summed E-state index contributed by atoms with van der Waals surface area (Å²) in [6.45, 7) is 4.35. The molecule has 2 N–H and O–H groups in total. The molecule has 94 valence electrons. The summed E-state index contributed by atoms with van der Waals surface area (Å²) in [4.78, 5) is 12.1. The van der Waals surface area contributed by atoms with Crippen LogP contribution in [0.4, 0.5) is 0 Å². The Kier molecular flexibility index (Phi) is 3.63. The number of benzene rings is 1. The smallest absolute Gasteiger partial charge is 0.202 e. The average molecular weight is 243 g/mol. The molecule has 0 aliphatic rings. The van der Waals surface area contributed by atoms with Crippen LogP contribution in [-0.4, -0.2) is 5.78 Å². The summed E-state index contributed by atoms with van der Waals surface area (Å²) >= 11 is 0. The lowest BCUT2D eigenvalue weighted by atomic mass is 9.97. The topological polar surface area (TPSA) is 56.2 Å². The molecule has 0 radical (unpaired) electrons. The van der Waals surface area contributed by atoms with Gasteiger partial charge in [0.1, 0.15) is 5.76 Å². The van der Waals surface area contributed by atoms with Gasteiger partial charge in [0.2, 0.25) is 5.78 Å². The van der Waals surface area contributed by atoms with Gasteiger partial charge in [-0.25, -0.2) is 0 Å². The fourth-order valence-corrected chi connectivity index (χ4v) is 2.01. The summed E-state index contributed by atoms with van der Waals surface area (Å²) < 4.78 is 5.37. The third-order valence-electron chi connectivity index (χ3n) is 3.12. The third kappa shape index (κ3) is 2.51. The van der Waals surface area contributed by atoms with Crippen LogP contribution in [0.3, 0.4) is 0 Å². The van der Waals surface area contributed by atoms with Crippen molar-refractivity contribution in [3.05, 3.63) is 58.5 Å². The Bertz CT molecular complexity index is 549. The Labute approximate surface area is 107 Å². The van der Waals surface area contributed by atoms with Gasteiger partial charge in [-0.3, -0.25) is 4.79 Å². The van der Waals surface area contributed by atoms with Gasteiger partial charge < -0.3 is 10.2 Å². The minimum Gasteiger partial charge on any atom is -0.457 e. The molecule has 0 aliphatic carbocycles. The molecule has 0 spiro atoms. The zero-order valence-corrected chi connectivity index (χ0v) is 10.7. The zero-order chi connectivity index (χ0) is 13.1. The second-order valence-corrected chi connectivity index (χ2v) is 4.44. The number of rotatable bonds is 4. The molecule has 0 aliphatic heterocycles. The van der Waals surface area contributed by atoms with Crippen LogP contribution >= 0.6 is 0 Å². The molecule has 1 heterocycles. The van der Waals surface area contributed by atoms with Crippen LogP contribution in [0.2, 0.25) is 0 Å². The van der Waals surface area contributed by atoms with Gasteiger partial charge in [0, 0.05) is 6.42 Å². The highest BCUT2D eigenvalue weighted by molar-refractivity contribution is 5.95. The summed E-state index contributed by atoms with van der Waals surface area (Å²) in [5, 5.41) is 0. The van der Waals surface area contributed by atoms with Gasteiger partial charge >= 0.3 is 0 Å². The highest BCUT2D eigenvalue weighted by atomic mass is 16.3. The van der Waals surface area contributed by atoms with Crippen molar-refractivity contribution in [2.45, 2.75) is 26.8 Å². The number of nitrogens with two attached hydrogens (primary N) is 1. The Hall–Kier alpha value is -1.87. The zero-order valence-electron chi connectivity index (χ0n) is 10.7. The lowest BCUT2D eigenvalue weighted by Gasteiger charge is -2.07. The number of hydrogen-bond donors (Lipinski definition) is 1. The highest BCUT2D eigenvalue weighted by Crippen LogP contribution is 2.17. The van der Waals surface area contributed by atoms with Crippen LogP contribution < -0.4 is 5.73 Å². The number of aryl methyl sites for hydroxylation is 2. The molecule has 1 aromatic carbocycles. The predicted molar refractivity (Wildman–Crippen MR) is 70.5 cm³/mol. The molecule has 0 atom stereocenters. The van der Waals surface area contributed by atoms with E-state index in [0.717, 1.165) is 16.7 Å². The molecule has 0 bridgehead atoms. The van der Waals surface area contributed by atoms with Gasteiger partial charge in [-0.15, -0.1) is 0 Å². The maximum atomic E-state index is 12.1. The summed E-state index contributed by atoms with van der Waals surface area (Å²) in [6.07, 6.45) is 0.371. The van der Waals surface area contributed by atoms with E-state index in [9.17, 15) is 4.79 Å². The molecule has 3 heteroatoms. The first-order valence-corrected chi connectivity index (χ1v) is 5.99. The second kappa shape index (κ2) is 5.19. The van der Waals surface area contributed by atoms with Gasteiger partial charge in [-0.2, -0.15) is 0 Å². The fourth-order valence-electron chi connectivity index (χ4n) is 2.01. The van der Waals surface area contributed by atoms with Crippen LogP contribution in [0.25, 0.3) is 0 Å². The van der Waals surface area contributed by atoms with Crippen molar-refractivity contribution in [3.8, 4) is 0 Å². The number of hydrogen-bond acceptors (Lipinski definition) is 3. The maximum absolute atomic E-state index is 12.1. The molecule has 2 rings (SSSR count). The van der Waals surface area contributed by atoms with Crippen LogP contribution in [0.15, 0.2) is 34.7 Å². The van der Waals surface area contributed by atoms with Crippen LogP contribution in [0.5, 0.6) is 0 Å². The van der Waals surface area contributed by atoms with Crippen molar-refractivity contribution >= 4 is 5.78 Å². The van der Waals surface area contributed by atoms with Crippen LogP contribution in [0.1, 0.15) is 33.0 Å². The van der Waals surface area contributed by atoms with Gasteiger partial charge in [0.25, 0.3) is 0 Å². The predicted octanol–water partition coefficient (Wildman–Crippen LogP) is 2.78. The Morgan fingerprint density at radius 2 is 1.83 bits per heavy atom. The van der Waals surface area contributed by atoms with Gasteiger partial charge in [-0.1, -0.05) is 18.2 Å². The third-order valence-corrected chi connectivity index (χ3v) is 3.12. The van der Waals surface area contributed by atoms with E-state index in [4.69, 9.17) is 10.2 Å². The first-order chi connectivity index (χ1) is 8.61. The molecule has 1 aromatic heterocycles. The number of furan rings is 1. The van der Waals surface area contributed by atoms with E-state index in [2.05, 4.69) is 0 Å². The van der Waals surface area contributed by atoms with E-state index in [-0.39, 0.29) is 5.78 Å². The van der Waals surface area contributed by atoms with Crippen molar-refractivity contribution in [2.24, 2.45) is 5.73 Å². The van der Waals surface area contributed by atoms with Crippen molar-refractivity contribution in [3.63, 3.8) is 0 Å². The molecule has 0 saturated carbocycles. The highest BCUT2D eigenvalue weighted by Gasteiger charge is 2.14. The summed E-state index contributed by atoms with van der Waals surface area (Å²) in [5.74, 6) is 1.02. The molecule has 0 amide bonds. The number of ketones is 1. The quantitative estimate of drug-likeness (QED) is 0.840. The Balaban J connectivity index is 2.21. The lowest BCUT2D eigenvalue weighted by Crippen LogP contribution is -2.05. The first-order valence-electron chi connectivity index (χ1n) is 5.99. The van der Waals surface area contributed by atoms with E-state index in [1.807, 2.05) is 32.0 Å². The number of carbonyl (C=O) groups is 1. The molecular formula is C15H17NO2. The van der Waals surface area contributed by atoms with E-state index < -0.39 is 0 Å². The van der Waals surface area contributed by atoms with E-state index in [1.54, 1.807) is 12.1 Å². The van der Waals surface area contributed by atoms with Crippen molar-refractivity contribution in [1.29, 1.82) is 0 Å². The van der Waals surface area contributed by atoms with Gasteiger partial charge in [-0.05, 0) is 42.7 Å². The Morgan fingerprint density at radius 1 is 1.17 bits per heavy atom. The van der Waals surface area contributed by atoms with E-state index >= 15 is 0 Å². The number of Topliss-reactive ketones (excluding diaryl/α,β-unsaturated/α-hetero) is 1. The largest absolute Gasteiger partial charge is 0.457 e. The molecule has 3 nitrogen and oxygen atoms in total. The molecule has 0 unspecified atom stereocenters. The monoisotopic (exact) mass is 243 g/mol. The van der Waals surface area contributed by atoms with E-state index in [0.29, 0.717) is 24.5 Å². The molecule has 0 saturated heterocycles. The maximum Gasteiger partial charge on any atom is 0.202 e. The standard InChI is InChI=1S/C15H17NO2/c1-10-4-3-5-11(2)13(10)8-14(17)15-7-6-12(9-16)18-15/h3-7H,8-9,16H2,1-2H3. The average Bonchev–Trinajstić information content (AvgIpc) is 2.82. The normalized spacial score (nSPS) is 10.6. The minimum atomic E-state index is -0.00731. The van der Waals surface area contributed by atoms with E-state index in [1.165, 1.54) is 0 Å². The molecule has 0 fully saturated rings. The SMILES string of the molecule is Cc1cccc(C)c1CC(=O)c1ccc(CN)o1. The van der Waals surface area contributed by atoms with Crippen LogP contribution in [0, 0.1) is 13.8 Å². The molecular weight excluding hydrogens is 226 g/mol. The summed E-state index contributed by atoms with van der Waals surface area (Å²) in [7, 11) is 0. The second-order valence-electron chi connectivity index (χ2n) is 4.44. The van der Waals surface area contributed by atoms with Crippen molar-refractivity contribution in [1.82, 2.24) is 0 Å². The number of carbonyl (C=O) groups excluding carboxylic acids is 1. The Morgan fingerprint density at radius 3 is 2.39 bits per heavy atom. The fraction of sp³-hybridized carbons (Fsp3) is 0.267. The van der Waals surface area contributed by atoms with Gasteiger partial charge in [0.05, 0.1) is 6.54 Å². The van der Waals surface area contributed by atoms with Crippen molar-refractivity contribution in [2.75, 3.05) is 0 Å². The van der Waals surface area contributed by atoms with Crippen LogP contribution in [-0.2, 0) is 13.0 Å². The molecule has 2 aromatic rings. The van der Waals surface area contributed by atoms with Gasteiger partial charge in [0.15, 0.2) is 5.76 Å². The summed E-state index contributed by atoms with van der Waals surface area (Å²) in [6, 6.07) is 9.47. The van der Waals surface area contributed by atoms with Crippen molar-refractivity contribution < 1.29 is 9.21 Å². The lowest BCUT2D eigenvalue weighted by molar-refractivity contribution is 0.0964. The minimum absolute atomic E-state index is 0.00731. The summed E-state index contributed by atoms with van der Waals surface area (Å²) in [5.41, 5.74) is 8.80.